The summed E-state index contributed by atoms with van der Waals surface area (Å²) in [6.45, 7) is 4.34. The predicted octanol–water partition coefficient (Wildman–Crippen LogP) is 3.90. The highest BCUT2D eigenvalue weighted by atomic mass is 16.3. The molecule has 2 N–H and O–H groups in total. The molecular weight excluding hydrogens is 282 g/mol. The van der Waals surface area contributed by atoms with Crippen molar-refractivity contribution in [2.75, 3.05) is 19.7 Å². The number of aliphatic hydroxyl groups is 1. The molecule has 0 bridgehead atoms. The zero-order valence-corrected chi connectivity index (χ0v) is 13.8. The second-order valence-electron chi connectivity index (χ2n) is 6.26. The SMILES string of the molecule is Cc1ccccc1/C(=C(\CO)c1ccccc1)C1CCNCC1. The van der Waals surface area contributed by atoms with Crippen LogP contribution in [0.5, 0.6) is 0 Å². The Labute approximate surface area is 138 Å². The zero-order valence-electron chi connectivity index (χ0n) is 13.8. The van der Waals surface area contributed by atoms with E-state index in [4.69, 9.17) is 0 Å². The van der Waals surface area contributed by atoms with E-state index >= 15 is 0 Å². The van der Waals surface area contributed by atoms with Crippen LogP contribution in [-0.4, -0.2) is 24.8 Å². The molecule has 2 aromatic carbocycles. The normalized spacial score (nSPS) is 17.0. The minimum absolute atomic E-state index is 0.0810. The van der Waals surface area contributed by atoms with E-state index in [1.54, 1.807) is 0 Å². The molecule has 23 heavy (non-hydrogen) atoms. The van der Waals surface area contributed by atoms with Gasteiger partial charge in [0.15, 0.2) is 0 Å². The van der Waals surface area contributed by atoms with Gasteiger partial charge in [-0.1, -0.05) is 54.6 Å². The van der Waals surface area contributed by atoms with E-state index < -0.39 is 0 Å². The molecule has 3 rings (SSSR count). The second-order valence-corrected chi connectivity index (χ2v) is 6.26. The molecule has 1 aliphatic heterocycles. The molecule has 0 unspecified atom stereocenters. The van der Waals surface area contributed by atoms with Crippen molar-refractivity contribution in [3.05, 3.63) is 71.3 Å². The average molecular weight is 307 g/mol. The Morgan fingerprint density at radius 2 is 1.65 bits per heavy atom. The summed E-state index contributed by atoms with van der Waals surface area (Å²) >= 11 is 0. The first-order valence-electron chi connectivity index (χ1n) is 8.47. The lowest BCUT2D eigenvalue weighted by molar-refractivity contribution is 0.349. The van der Waals surface area contributed by atoms with Crippen LogP contribution in [0.3, 0.4) is 0 Å². The van der Waals surface area contributed by atoms with Crippen LogP contribution in [0.4, 0.5) is 0 Å². The standard InChI is InChI=1S/C21H25NO/c1-16-7-5-6-10-19(16)21(18-11-13-22-14-12-18)20(15-23)17-8-3-2-4-9-17/h2-10,18,22-23H,11-15H2,1H3/b21-20+. The van der Waals surface area contributed by atoms with Gasteiger partial charge in [0.25, 0.3) is 0 Å². The molecule has 0 aromatic heterocycles. The molecule has 0 aliphatic carbocycles. The van der Waals surface area contributed by atoms with Gasteiger partial charge in [0.1, 0.15) is 0 Å². The number of hydrogen-bond acceptors (Lipinski definition) is 2. The molecule has 1 aliphatic rings. The predicted molar refractivity (Wildman–Crippen MR) is 97.1 cm³/mol. The number of hydrogen-bond donors (Lipinski definition) is 2. The van der Waals surface area contributed by atoms with Crippen LogP contribution in [0, 0.1) is 12.8 Å². The molecule has 1 heterocycles. The molecule has 0 atom stereocenters. The summed E-state index contributed by atoms with van der Waals surface area (Å²) in [5.41, 5.74) is 6.10. The minimum atomic E-state index is 0.0810. The molecule has 2 aromatic rings. The number of aliphatic hydroxyl groups excluding tert-OH is 1. The van der Waals surface area contributed by atoms with E-state index in [2.05, 4.69) is 48.6 Å². The van der Waals surface area contributed by atoms with Crippen LogP contribution in [-0.2, 0) is 0 Å². The third kappa shape index (κ3) is 3.54. The molecule has 2 nitrogen and oxygen atoms in total. The van der Waals surface area contributed by atoms with Crippen molar-refractivity contribution in [2.24, 2.45) is 5.92 Å². The molecule has 2 heteroatoms. The highest BCUT2D eigenvalue weighted by molar-refractivity contribution is 5.93. The number of rotatable bonds is 4. The first kappa shape index (κ1) is 16.0. The van der Waals surface area contributed by atoms with Crippen LogP contribution >= 0.6 is 0 Å². The highest BCUT2D eigenvalue weighted by Gasteiger charge is 2.23. The van der Waals surface area contributed by atoms with Crippen LogP contribution in [0.25, 0.3) is 11.1 Å². The fourth-order valence-electron chi connectivity index (χ4n) is 3.59. The quantitative estimate of drug-likeness (QED) is 0.840. The second kappa shape index (κ2) is 7.58. The summed E-state index contributed by atoms with van der Waals surface area (Å²) in [6.07, 6.45) is 2.25. The van der Waals surface area contributed by atoms with E-state index in [9.17, 15) is 5.11 Å². The van der Waals surface area contributed by atoms with Crippen LogP contribution in [0.15, 0.2) is 54.6 Å². The lowest BCUT2D eigenvalue weighted by atomic mass is 9.80. The lowest BCUT2D eigenvalue weighted by Gasteiger charge is -2.29. The fourth-order valence-corrected chi connectivity index (χ4v) is 3.59. The number of benzene rings is 2. The molecule has 120 valence electrons. The van der Waals surface area contributed by atoms with E-state index in [0.29, 0.717) is 5.92 Å². The van der Waals surface area contributed by atoms with Crippen molar-refractivity contribution < 1.29 is 5.11 Å². The minimum Gasteiger partial charge on any atom is -0.392 e. The van der Waals surface area contributed by atoms with Gasteiger partial charge in [0.2, 0.25) is 0 Å². The van der Waals surface area contributed by atoms with Gasteiger partial charge in [-0.05, 0) is 66.6 Å². The van der Waals surface area contributed by atoms with Gasteiger partial charge in [-0.2, -0.15) is 0 Å². The molecule has 0 spiro atoms. The molecule has 1 fully saturated rings. The Kier molecular flexibility index (Phi) is 5.27. The van der Waals surface area contributed by atoms with Crippen molar-refractivity contribution in [1.82, 2.24) is 5.32 Å². The first-order valence-corrected chi connectivity index (χ1v) is 8.47. The Morgan fingerprint density at radius 3 is 2.30 bits per heavy atom. The van der Waals surface area contributed by atoms with Crippen molar-refractivity contribution in [2.45, 2.75) is 19.8 Å². The van der Waals surface area contributed by atoms with Crippen molar-refractivity contribution >= 4 is 11.1 Å². The lowest BCUT2D eigenvalue weighted by Crippen LogP contribution is -2.29. The van der Waals surface area contributed by atoms with Crippen LogP contribution < -0.4 is 5.32 Å². The van der Waals surface area contributed by atoms with Crippen molar-refractivity contribution in [1.29, 1.82) is 0 Å². The summed E-state index contributed by atoms with van der Waals surface area (Å²) < 4.78 is 0. The topological polar surface area (TPSA) is 32.3 Å². The van der Waals surface area contributed by atoms with Gasteiger partial charge >= 0.3 is 0 Å². The largest absolute Gasteiger partial charge is 0.392 e. The van der Waals surface area contributed by atoms with Crippen molar-refractivity contribution in [3.63, 3.8) is 0 Å². The van der Waals surface area contributed by atoms with Crippen LogP contribution in [0.2, 0.25) is 0 Å². The summed E-state index contributed by atoms with van der Waals surface area (Å²) in [6, 6.07) is 18.9. The van der Waals surface area contributed by atoms with E-state index in [-0.39, 0.29) is 6.61 Å². The third-order valence-corrected chi connectivity index (χ3v) is 4.79. The average Bonchev–Trinajstić information content (AvgIpc) is 2.62. The van der Waals surface area contributed by atoms with Gasteiger partial charge in [-0.3, -0.25) is 0 Å². The molecule has 0 radical (unpaired) electrons. The maximum absolute atomic E-state index is 10.2. The Bertz CT molecular complexity index is 669. The maximum Gasteiger partial charge on any atom is 0.0690 e. The summed E-state index contributed by atoms with van der Waals surface area (Å²) in [5, 5.41) is 13.6. The van der Waals surface area contributed by atoms with Gasteiger partial charge < -0.3 is 10.4 Å². The smallest absolute Gasteiger partial charge is 0.0690 e. The summed E-state index contributed by atoms with van der Waals surface area (Å²) in [7, 11) is 0. The van der Waals surface area contributed by atoms with Gasteiger partial charge in [0, 0.05) is 0 Å². The first-order chi connectivity index (χ1) is 11.3. The number of nitrogens with one attached hydrogen (secondary N) is 1. The van der Waals surface area contributed by atoms with Gasteiger partial charge in [0.05, 0.1) is 6.61 Å². The third-order valence-electron chi connectivity index (χ3n) is 4.79. The summed E-state index contributed by atoms with van der Waals surface area (Å²) in [4.78, 5) is 0. The Balaban J connectivity index is 2.17. The van der Waals surface area contributed by atoms with Gasteiger partial charge in [-0.25, -0.2) is 0 Å². The Hall–Kier alpha value is -1.90. The zero-order chi connectivity index (χ0) is 16.1. The maximum atomic E-state index is 10.2. The number of piperidine rings is 1. The number of allylic oxidation sites excluding steroid dienone is 1. The molecule has 1 saturated heterocycles. The van der Waals surface area contributed by atoms with Gasteiger partial charge in [-0.15, -0.1) is 0 Å². The summed E-state index contributed by atoms with van der Waals surface area (Å²) in [5.74, 6) is 0.500. The molecule has 0 amide bonds. The van der Waals surface area contributed by atoms with E-state index in [1.807, 2.05) is 18.2 Å². The van der Waals surface area contributed by atoms with Crippen molar-refractivity contribution in [3.8, 4) is 0 Å². The van der Waals surface area contributed by atoms with Crippen LogP contribution in [0.1, 0.15) is 29.5 Å². The fraction of sp³-hybridized carbons (Fsp3) is 0.333. The Morgan fingerprint density at radius 1 is 1.00 bits per heavy atom. The highest BCUT2D eigenvalue weighted by Crippen LogP contribution is 2.37. The monoisotopic (exact) mass is 307 g/mol. The van der Waals surface area contributed by atoms with E-state index in [1.165, 1.54) is 16.7 Å². The van der Waals surface area contributed by atoms with E-state index in [0.717, 1.165) is 37.1 Å². The molecular formula is C21H25NO. The number of aryl methyl sites for hydroxylation is 1. The molecule has 0 saturated carbocycles.